The van der Waals surface area contributed by atoms with Crippen LogP contribution in [0.1, 0.15) is 55.8 Å². The summed E-state index contributed by atoms with van der Waals surface area (Å²) < 4.78 is 6.03. The number of aliphatic hydroxyl groups is 1. The highest BCUT2D eigenvalue weighted by atomic mass is 16.5. The molecule has 2 heterocycles. The van der Waals surface area contributed by atoms with Crippen molar-refractivity contribution < 1.29 is 24.2 Å². The van der Waals surface area contributed by atoms with Crippen molar-refractivity contribution in [3.05, 3.63) is 83.9 Å². The van der Waals surface area contributed by atoms with Gasteiger partial charge in [0.15, 0.2) is 0 Å². The molecule has 7 nitrogen and oxygen atoms in total. The Morgan fingerprint density at radius 3 is 2.45 bits per heavy atom. The highest BCUT2D eigenvalue weighted by Gasteiger charge is 2.32. The molecule has 0 aliphatic carbocycles. The molecule has 38 heavy (non-hydrogen) atoms. The molecule has 0 bridgehead atoms. The minimum atomic E-state index is -0.631. The highest BCUT2D eigenvalue weighted by Crippen LogP contribution is 2.25. The summed E-state index contributed by atoms with van der Waals surface area (Å²) in [5, 5.41) is 12.6. The summed E-state index contributed by atoms with van der Waals surface area (Å²) in [5.74, 6) is -1.46. The molecule has 2 aliphatic heterocycles. The topological polar surface area (TPSA) is 95.9 Å². The molecule has 2 aromatic carbocycles. The fraction of sp³-hybridized carbons (Fsp3) is 0.452. The van der Waals surface area contributed by atoms with E-state index in [0.29, 0.717) is 32.2 Å². The van der Waals surface area contributed by atoms with E-state index in [0.717, 1.165) is 24.0 Å². The van der Waals surface area contributed by atoms with Crippen LogP contribution in [0.4, 0.5) is 0 Å². The number of allylic oxidation sites excluding steroid dienone is 2. The Kier molecular flexibility index (Phi) is 10.1. The smallest absolute Gasteiger partial charge is 0.309 e. The zero-order chi connectivity index (χ0) is 26.7. The summed E-state index contributed by atoms with van der Waals surface area (Å²) in [6.07, 6.45) is 7.36. The van der Waals surface area contributed by atoms with Crippen molar-refractivity contribution in [2.24, 2.45) is 11.8 Å². The minimum Gasteiger partial charge on any atom is -0.455 e. The van der Waals surface area contributed by atoms with E-state index in [1.165, 1.54) is 0 Å². The van der Waals surface area contributed by atoms with E-state index < -0.39 is 12.0 Å². The standard InChI is InChI=1S/C31H38N2O5/c34-22-27-17-10-18-33(27)29(35)20-25-15-8-3-9-16-26(19-23-11-4-1-5-12-23)31(37)38-28(21-32-30(25)36)24-13-6-2-7-14-24/h1-8,11-14,25-28,34H,9-10,15-22H2,(H,32,36)/t25-,26-,27+,28-/m1/s1. The van der Waals surface area contributed by atoms with E-state index in [4.69, 9.17) is 4.74 Å². The summed E-state index contributed by atoms with van der Waals surface area (Å²) in [7, 11) is 0. The van der Waals surface area contributed by atoms with Crippen LogP contribution in [0.3, 0.4) is 0 Å². The number of nitrogens with zero attached hydrogens (tertiary/aromatic N) is 1. The lowest BCUT2D eigenvalue weighted by Crippen LogP contribution is -2.41. The van der Waals surface area contributed by atoms with Gasteiger partial charge in [-0.05, 0) is 49.7 Å². The highest BCUT2D eigenvalue weighted by molar-refractivity contribution is 5.86. The quantitative estimate of drug-likeness (QED) is 0.446. The number of benzene rings is 2. The summed E-state index contributed by atoms with van der Waals surface area (Å²) in [5.41, 5.74) is 1.89. The van der Waals surface area contributed by atoms with E-state index >= 15 is 0 Å². The van der Waals surface area contributed by atoms with Gasteiger partial charge in [0.2, 0.25) is 11.8 Å². The molecule has 2 amide bonds. The number of likely N-dealkylation sites (tertiary alicyclic amines) is 1. The first kappa shape index (κ1) is 27.6. The molecule has 0 aromatic heterocycles. The second kappa shape index (κ2) is 13.9. The van der Waals surface area contributed by atoms with Crippen molar-refractivity contribution in [3.63, 3.8) is 0 Å². The maximum atomic E-state index is 13.4. The molecule has 4 rings (SSSR count). The third-order valence-electron chi connectivity index (χ3n) is 7.52. The molecule has 0 saturated carbocycles. The molecule has 0 radical (unpaired) electrons. The molecule has 202 valence electrons. The van der Waals surface area contributed by atoms with Crippen molar-refractivity contribution in [2.75, 3.05) is 19.7 Å². The van der Waals surface area contributed by atoms with Crippen LogP contribution in [-0.4, -0.2) is 53.5 Å². The van der Waals surface area contributed by atoms with Gasteiger partial charge in [0.05, 0.1) is 31.0 Å². The molecule has 0 unspecified atom stereocenters. The average Bonchev–Trinajstić information content (AvgIpc) is 3.43. The molecule has 1 fully saturated rings. The van der Waals surface area contributed by atoms with Gasteiger partial charge < -0.3 is 20.1 Å². The summed E-state index contributed by atoms with van der Waals surface area (Å²) in [6, 6.07) is 19.2. The van der Waals surface area contributed by atoms with Gasteiger partial charge in [-0.3, -0.25) is 14.4 Å². The van der Waals surface area contributed by atoms with Crippen LogP contribution in [0, 0.1) is 11.8 Å². The minimum absolute atomic E-state index is 0.0588. The second-order valence-electron chi connectivity index (χ2n) is 10.2. The molecule has 7 heteroatoms. The Morgan fingerprint density at radius 1 is 0.974 bits per heavy atom. The Balaban J connectivity index is 1.52. The number of carbonyl (C=O) groups is 3. The Morgan fingerprint density at radius 2 is 1.71 bits per heavy atom. The fourth-order valence-corrected chi connectivity index (χ4v) is 5.31. The van der Waals surface area contributed by atoms with Crippen LogP contribution in [-0.2, 0) is 25.5 Å². The van der Waals surface area contributed by atoms with Gasteiger partial charge in [0, 0.05) is 13.0 Å². The molecular weight excluding hydrogens is 480 g/mol. The first-order valence-corrected chi connectivity index (χ1v) is 13.7. The van der Waals surface area contributed by atoms with Crippen LogP contribution < -0.4 is 5.32 Å². The largest absolute Gasteiger partial charge is 0.455 e. The lowest BCUT2D eigenvalue weighted by molar-refractivity contribution is -0.155. The predicted octanol–water partition coefficient (Wildman–Crippen LogP) is 3.98. The summed E-state index contributed by atoms with van der Waals surface area (Å²) >= 11 is 0. The van der Waals surface area contributed by atoms with Crippen molar-refractivity contribution in [2.45, 2.75) is 57.1 Å². The van der Waals surface area contributed by atoms with E-state index in [9.17, 15) is 19.5 Å². The van der Waals surface area contributed by atoms with Crippen LogP contribution >= 0.6 is 0 Å². The second-order valence-corrected chi connectivity index (χ2v) is 10.2. The summed E-state index contributed by atoms with van der Waals surface area (Å²) in [4.78, 5) is 41.4. The number of amides is 2. The number of hydrogen-bond donors (Lipinski definition) is 2. The van der Waals surface area contributed by atoms with Crippen LogP contribution in [0.2, 0.25) is 0 Å². The SMILES string of the molecule is O=C1NC[C@H](c2ccccc2)OC(=O)[C@@H](Cc2ccccc2)CCC=CC[C@@H]1CC(=O)N1CCC[C@H]1CO. The van der Waals surface area contributed by atoms with E-state index in [-0.39, 0.29) is 49.3 Å². The Bertz CT molecular complexity index is 1090. The average molecular weight is 519 g/mol. The number of rotatable bonds is 6. The molecular formula is C31H38N2O5. The van der Waals surface area contributed by atoms with Gasteiger partial charge in [-0.15, -0.1) is 0 Å². The van der Waals surface area contributed by atoms with Gasteiger partial charge >= 0.3 is 5.97 Å². The molecule has 2 aromatic rings. The van der Waals surface area contributed by atoms with Crippen molar-refractivity contribution in [3.8, 4) is 0 Å². The predicted molar refractivity (Wildman–Crippen MR) is 145 cm³/mol. The Labute approximate surface area is 224 Å². The van der Waals surface area contributed by atoms with Crippen LogP contribution in [0.25, 0.3) is 0 Å². The van der Waals surface area contributed by atoms with Crippen LogP contribution in [0.5, 0.6) is 0 Å². The molecule has 4 atom stereocenters. The van der Waals surface area contributed by atoms with Gasteiger partial charge in [-0.1, -0.05) is 72.8 Å². The number of nitrogens with one attached hydrogen (secondary N) is 1. The van der Waals surface area contributed by atoms with Crippen molar-refractivity contribution in [1.82, 2.24) is 10.2 Å². The van der Waals surface area contributed by atoms with Crippen LogP contribution in [0.15, 0.2) is 72.8 Å². The van der Waals surface area contributed by atoms with E-state index in [2.05, 4.69) is 5.32 Å². The lowest BCUT2D eigenvalue weighted by Gasteiger charge is -2.26. The Hall–Kier alpha value is -3.45. The number of ether oxygens (including phenoxy) is 1. The van der Waals surface area contributed by atoms with Crippen molar-refractivity contribution >= 4 is 17.8 Å². The van der Waals surface area contributed by atoms with E-state index in [1.54, 1.807) is 4.90 Å². The number of hydrogen-bond acceptors (Lipinski definition) is 5. The summed E-state index contributed by atoms with van der Waals surface area (Å²) in [6.45, 7) is 0.684. The van der Waals surface area contributed by atoms with Crippen molar-refractivity contribution in [1.29, 1.82) is 0 Å². The third kappa shape index (κ3) is 7.54. The monoisotopic (exact) mass is 518 g/mol. The number of cyclic esters (lactones) is 1. The zero-order valence-electron chi connectivity index (χ0n) is 21.8. The molecule has 0 spiro atoms. The first-order chi connectivity index (χ1) is 18.5. The third-order valence-corrected chi connectivity index (χ3v) is 7.52. The normalized spacial score (nSPS) is 25.0. The van der Waals surface area contributed by atoms with E-state index in [1.807, 2.05) is 72.8 Å². The fourth-order valence-electron chi connectivity index (χ4n) is 5.31. The number of esters is 1. The van der Waals surface area contributed by atoms with Gasteiger partial charge in [0.1, 0.15) is 6.10 Å². The maximum Gasteiger partial charge on any atom is 0.309 e. The molecule has 2 aliphatic rings. The molecule has 2 N–H and O–H groups in total. The number of carbonyl (C=O) groups excluding carboxylic acids is 3. The maximum absolute atomic E-state index is 13.4. The van der Waals surface area contributed by atoms with Gasteiger partial charge in [0.25, 0.3) is 0 Å². The zero-order valence-corrected chi connectivity index (χ0v) is 21.8. The lowest BCUT2D eigenvalue weighted by atomic mass is 9.94. The molecule has 1 saturated heterocycles. The first-order valence-electron chi connectivity index (χ1n) is 13.7. The van der Waals surface area contributed by atoms with Gasteiger partial charge in [-0.2, -0.15) is 0 Å². The van der Waals surface area contributed by atoms with Gasteiger partial charge in [-0.25, -0.2) is 0 Å². The number of aliphatic hydroxyl groups excluding tert-OH is 1.